The summed E-state index contributed by atoms with van der Waals surface area (Å²) in [5, 5.41) is 2.78. The molecule has 1 saturated heterocycles. The van der Waals surface area contributed by atoms with E-state index in [0.29, 0.717) is 43.3 Å². The number of anilines is 2. The molecule has 1 heterocycles. The Hall–Kier alpha value is -2.62. The molecule has 8 nitrogen and oxygen atoms in total. The molecule has 0 radical (unpaired) electrons. The molecule has 2 aromatic carbocycles. The van der Waals surface area contributed by atoms with E-state index in [4.69, 9.17) is 9.47 Å². The average molecular weight is 448 g/mol. The van der Waals surface area contributed by atoms with Crippen LogP contribution in [-0.2, 0) is 14.8 Å². The second-order valence-corrected chi connectivity index (χ2v) is 8.99. The summed E-state index contributed by atoms with van der Waals surface area (Å²) in [6.07, 6.45) is 0. The van der Waals surface area contributed by atoms with Gasteiger partial charge in [0.25, 0.3) is 5.91 Å². The third-order valence-corrected chi connectivity index (χ3v) is 7.31. The maximum atomic E-state index is 12.8. The standard InChI is InChI=1S/C22H29N3O5S/c1-4-25(5-2)31(27,28)19-10-11-21(29-3)20(16-19)23-22(26)17-6-8-18(9-7-17)24-12-14-30-15-13-24/h6-11,16H,4-5,12-15H2,1-3H3,(H,23,26). The van der Waals surface area contributed by atoms with E-state index in [0.717, 1.165) is 18.8 Å². The smallest absolute Gasteiger partial charge is 0.255 e. The molecule has 0 atom stereocenters. The summed E-state index contributed by atoms with van der Waals surface area (Å²) in [4.78, 5) is 15.1. The zero-order valence-corrected chi connectivity index (χ0v) is 18.9. The number of hydrogen-bond donors (Lipinski definition) is 1. The lowest BCUT2D eigenvalue weighted by Crippen LogP contribution is -2.36. The maximum Gasteiger partial charge on any atom is 0.255 e. The topological polar surface area (TPSA) is 88.2 Å². The largest absolute Gasteiger partial charge is 0.495 e. The maximum absolute atomic E-state index is 12.8. The summed E-state index contributed by atoms with van der Waals surface area (Å²) in [7, 11) is -2.18. The van der Waals surface area contributed by atoms with E-state index in [1.807, 2.05) is 12.1 Å². The number of carbonyl (C=O) groups excluding carboxylic acids is 1. The lowest BCUT2D eigenvalue weighted by Gasteiger charge is -2.28. The van der Waals surface area contributed by atoms with Crippen molar-refractivity contribution in [2.45, 2.75) is 18.7 Å². The Labute approximate surface area is 183 Å². The Bertz CT molecular complexity index is 998. The first-order chi connectivity index (χ1) is 14.9. The van der Waals surface area contributed by atoms with Gasteiger partial charge >= 0.3 is 0 Å². The summed E-state index contributed by atoms with van der Waals surface area (Å²) in [6.45, 7) is 7.31. The van der Waals surface area contributed by atoms with Crippen molar-refractivity contribution in [1.82, 2.24) is 4.31 Å². The quantitative estimate of drug-likeness (QED) is 0.670. The second kappa shape index (κ2) is 10.1. The molecule has 1 aliphatic heterocycles. The van der Waals surface area contributed by atoms with Gasteiger partial charge in [-0.1, -0.05) is 13.8 Å². The molecule has 1 N–H and O–H groups in total. The number of methoxy groups -OCH3 is 1. The molecule has 0 aromatic heterocycles. The van der Waals surface area contributed by atoms with E-state index in [9.17, 15) is 13.2 Å². The van der Waals surface area contributed by atoms with Crippen LogP contribution in [0.3, 0.4) is 0 Å². The Morgan fingerprint density at radius 2 is 1.74 bits per heavy atom. The highest BCUT2D eigenvalue weighted by Gasteiger charge is 2.23. The zero-order valence-electron chi connectivity index (χ0n) is 18.1. The van der Waals surface area contributed by atoms with Crippen molar-refractivity contribution in [2.75, 3.05) is 56.7 Å². The SMILES string of the molecule is CCN(CC)S(=O)(=O)c1ccc(OC)c(NC(=O)c2ccc(N3CCOCC3)cc2)c1. The molecule has 31 heavy (non-hydrogen) atoms. The van der Waals surface area contributed by atoms with Gasteiger partial charge in [0, 0.05) is 37.4 Å². The number of sulfonamides is 1. The van der Waals surface area contributed by atoms with Crippen molar-refractivity contribution in [1.29, 1.82) is 0 Å². The first-order valence-electron chi connectivity index (χ1n) is 10.3. The summed E-state index contributed by atoms with van der Waals surface area (Å²) < 4.78 is 37.8. The number of hydrogen-bond acceptors (Lipinski definition) is 6. The van der Waals surface area contributed by atoms with E-state index in [-0.39, 0.29) is 10.8 Å². The molecule has 0 spiro atoms. The summed E-state index contributed by atoms with van der Waals surface area (Å²) in [5.41, 5.74) is 1.80. The van der Waals surface area contributed by atoms with Crippen molar-refractivity contribution in [3.8, 4) is 5.75 Å². The number of morpholine rings is 1. The van der Waals surface area contributed by atoms with E-state index in [1.165, 1.54) is 23.5 Å². The van der Waals surface area contributed by atoms with Crippen LogP contribution in [0.4, 0.5) is 11.4 Å². The van der Waals surface area contributed by atoms with Crippen molar-refractivity contribution >= 4 is 27.3 Å². The van der Waals surface area contributed by atoms with E-state index < -0.39 is 10.0 Å². The predicted octanol–water partition coefficient (Wildman–Crippen LogP) is 2.81. The predicted molar refractivity (Wildman–Crippen MR) is 121 cm³/mol. The molecule has 0 bridgehead atoms. The van der Waals surface area contributed by atoms with Crippen LogP contribution in [0.25, 0.3) is 0 Å². The Kier molecular flexibility index (Phi) is 7.53. The minimum atomic E-state index is -3.66. The van der Waals surface area contributed by atoms with Crippen LogP contribution < -0.4 is 15.0 Å². The fraction of sp³-hybridized carbons (Fsp3) is 0.409. The van der Waals surface area contributed by atoms with E-state index >= 15 is 0 Å². The molecule has 3 rings (SSSR count). The Morgan fingerprint density at radius 3 is 2.32 bits per heavy atom. The molecule has 1 amide bonds. The number of benzene rings is 2. The van der Waals surface area contributed by atoms with Crippen molar-refractivity contribution < 1.29 is 22.7 Å². The number of amides is 1. The number of ether oxygens (including phenoxy) is 2. The first kappa shape index (κ1) is 23.1. The minimum Gasteiger partial charge on any atom is -0.495 e. The highest BCUT2D eigenvalue weighted by atomic mass is 32.2. The minimum absolute atomic E-state index is 0.106. The van der Waals surface area contributed by atoms with Crippen LogP contribution in [0.1, 0.15) is 24.2 Å². The molecule has 9 heteroatoms. The highest BCUT2D eigenvalue weighted by molar-refractivity contribution is 7.89. The normalized spacial score (nSPS) is 14.5. The van der Waals surface area contributed by atoms with Crippen LogP contribution in [0, 0.1) is 0 Å². The Balaban J connectivity index is 1.81. The monoisotopic (exact) mass is 447 g/mol. The van der Waals surface area contributed by atoms with Gasteiger partial charge in [0.1, 0.15) is 5.75 Å². The van der Waals surface area contributed by atoms with Gasteiger partial charge in [0.05, 0.1) is 30.9 Å². The molecule has 1 fully saturated rings. The summed E-state index contributed by atoms with van der Waals surface area (Å²) in [5.74, 6) is 0.0426. The fourth-order valence-electron chi connectivity index (χ4n) is 3.50. The van der Waals surface area contributed by atoms with Crippen LogP contribution in [-0.4, -0.2) is 65.1 Å². The van der Waals surface area contributed by atoms with Crippen LogP contribution in [0.2, 0.25) is 0 Å². The number of carbonyl (C=O) groups is 1. The molecular formula is C22H29N3O5S. The number of rotatable bonds is 8. The number of nitrogens with one attached hydrogen (secondary N) is 1. The first-order valence-corrected chi connectivity index (χ1v) is 11.8. The van der Waals surface area contributed by atoms with Crippen LogP contribution in [0.15, 0.2) is 47.4 Å². The fourth-order valence-corrected chi connectivity index (χ4v) is 4.98. The van der Waals surface area contributed by atoms with Gasteiger partial charge < -0.3 is 19.7 Å². The molecule has 2 aromatic rings. The summed E-state index contributed by atoms with van der Waals surface area (Å²) >= 11 is 0. The second-order valence-electron chi connectivity index (χ2n) is 7.05. The third-order valence-electron chi connectivity index (χ3n) is 5.27. The van der Waals surface area contributed by atoms with Crippen LogP contribution >= 0.6 is 0 Å². The summed E-state index contributed by atoms with van der Waals surface area (Å²) in [6, 6.07) is 11.8. The van der Waals surface area contributed by atoms with Crippen LogP contribution in [0.5, 0.6) is 5.75 Å². The Morgan fingerprint density at radius 1 is 1.10 bits per heavy atom. The van der Waals surface area contributed by atoms with Gasteiger partial charge in [-0.25, -0.2) is 8.42 Å². The molecular weight excluding hydrogens is 418 g/mol. The molecule has 0 unspecified atom stereocenters. The van der Waals surface area contributed by atoms with Gasteiger partial charge in [-0.3, -0.25) is 4.79 Å². The van der Waals surface area contributed by atoms with Gasteiger partial charge in [-0.15, -0.1) is 0 Å². The number of nitrogens with zero attached hydrogens (tertiary/aromatic N) is 2. The molecule has 0 aliphatic carbocycles. The van der Waals surface area contributed by atoms with Gasteiger partial charge in [-0.05, 0) is 42.5 Å². The van der Waals surface area contributed by atoms with E-state index in [1.54, 1.807) is 32.0 Å². The third kappa shape index (κ3) is 5.17. The van der Waals surface area contributed by atoms with Gasteiger partial charge in [0.15, 0.2) is 0 Å². The van der Waals surface area contributed by atoms with Crippen molar-refractivity contribution in [2.24, 2.45) is 0 Å². The highest BCUT2D eigenvalue weighted by Crippen LogP contribution is 2.29. The average Bonchev–Trinajstić information content (AvgIpc) is 2.80. The zero-order chi connectivity index (χ0) is 22.4. The molecule has 1 aliphatic rings. The van der Waals surface area contributed by atoms with Gasteiger partial charge in [-0.2, -0.15) is 4.31 Å². The van der Waals surface area contributed by atoms with Crippen molar-refractivity contribution in [3.05, 3.63) is 48.0 Å². The van der Waals surface area contributed by atoms with E-state index in [2.05, 4.69) is 10.2 Å². The van der Waals surface area contributed by atoms with Crippen molar-refractivity contribution in [3.63, 3.8) is 0 Å². The molecule has 168 valence electrons. The molecule has 0 saturated carbocycles. The lowest BCUT2D eigenvalue weighted by molar-refractivity contribution is 0.102. The lowest BCUT2D eigenvalue weighted by atomic mass is 10.1. The van der Waals surface area contributed by atoms with Gasteiger partial charge in [0.2, 0.25) is 10.0 Å².